The third-order valence-corrected chi connectivity index (χ3v) is 5.44. The number of ether oxygens (including phenoxy) is 1. The highest BCUT2D eigenvalue weighted by molar-refractivity contribution is 5.84. The third-order valence-electron chi connectivity index (χ3n) is 5.44. The Morgan fingerprint density at radius 1 is 1.03 bits per heavy atom. The lowest BCUT2D eigenvalue weighted by Crippen LogP contribution is -2.51. The van der Waals surface area contributed by atoms with Crippen molar-refractivity contribution in [3.8, 4) is 5.75 Å². The average molecular weight is 406 g/mol. The topological polar surface area (TPSA) is 61.8 Å². The van der Waals surface area contributed by atoms with E-state index >= 15 is 0 Å². The second kappa shape index (κ2) is 9.09. The van der Waals surface area contributed by atoms with Crippen LogP contribution in [0.5, 0.6) is 5.75 Å². The van der Waals surface area contributed by atoms with Crippen LogP contribution in [0.2, 0.25) is 0 Å². The number of rotatable bonds is 6. The van der Waals surface area contributed by atoms with Crippen LogP contribution in [0.15, 0.2) is 54.9 Å². The van der Waals surface area contributed by atoms with Crippen molar-refractivity contribution >= 4 is 22.6 Å². The van der Waals surface area contributed by atoms with Gasteiger partial charge in [0.2, 0.25) is 11.9 Å². The van der Waals surface area contributed by atoms with Crippen molar-refractivity contribution in [1.29, 1.82) is 0 Å². The molecule has 0 aliphatic carbocycles. The molecule has 0 N–H and O–H groups in total. The monoisotopic (exact) mass is 405 g/mol. The zero-order valence-electron chi connectivity index (χ0n) is 17.5. The lowest BCUT2D eigenvalue weighted by Gasteiger charge is -2.35. The molecule has 7 heteroatoms. The molecule has 156 valence electrons. The van der Waals surface area contributed by atoms with Crippen LogP contribution in [0.25, 0.3) is 10.8 Å². The number of methoxy groups -OCH3 is 1. The SMILES string of the molecule is COc1ccc2cc(CN(C)CC(=O)N3CCN(c4ncccn4)CC3)ccc2c1. The molecular formula is C23H27N5O2. The van der Waals surface area contributed by atoms with Crippen molar-refractivity contribution in [3.63, 3.8) is 0 Å². The van der Waals surface area contributed by atoms with Gasteiger partial charge in [-0.05, 0) is 47.6 Å². The first-order valence-electron chi connectivity index (χ1n) is 10.2. The van der Waals surface area contributed by atoms with Gasteiger partial charge in [-0.3, -0.25) is 9.69 Å². The van der Waals surface area contributed by atoms with Gasteiger partial charge < -0.3 is 14.5 Å². The van der Waals surface area contributed by atoms with Crippen molar-refractivity contribution in [2.75, 3.05) is 51.8 Å². The van der Waals surface area contributed by atoms with Crippen LogP contribution in [-0.4, -0.2) is 72.6 Å². The molecule has 0 radical (unpaired) electrons. The molecule has 1 amide bonds. The fourth-order valence-corrected chi connectivity index (χ4v) is 3.81. The summed E-state index contributed by atoms with van der Waals surface area (Å²) in [4.78, 5) is 27.5. The van der Waals surface area contributed by atoms with Gasteiger partial charge in [-0.15, -0.1) is 0 Å². The molecule has 1 saturated heterocycles. The molecule has 1 aromatic heterocycles. The first-order chi connectivity index (χ1) is 14.6. The summed E-state index contributed by atoms with van der Waals surface area (Å²) in [6.45, 7) is 4.04. The summed E-state index contributed by atoms with van der Waals surface area (Å²) >= 11 is 0. The molecule has 1 aliphatic rings. The number of nitrogens with zero attached hydrogens (tertiary/aromatic N) is 5. The fourth-order valence-electron chi connectivity index (χ4n) is 3.81. The maximum atomic E-state index is 12.7. The summed E-state index contributed by atoms with van der Waals surface area (Å²) < 4.78 is 5.29. The van der Waals surface area contributed by atoms with Gasteiger partial charge in [-0.25, -0.2) is 9.97 Å². The summed E-state index contributed by atoms with van der Waals surface area (Å²) in [5, 5.41) is 2.32. The van der Waals surface area contributed by atoms with Crippen molar-refractivity contribution < 1.29 is 9.53 Å². The van der Waals surface area contributed by atoms with E-state index in [0.29, 0.717) is 19.6 Å². The lowest BCUT2D eigenvalue weighted by molar-refractivity contribution is -0.132. The van der Waals surface area contributed by atoms with Crippen LogP contribution in [-0.2, 0) is 11.3 Å². The Balaban J connectivity index is 1.30. The average Bonchev–Trinajstić information content (AvgIpc) is 2.79. The summed E-state index contributed by atoms with van der Waals surface area (Å²) in [6.07, 6.45) is 3.50. The Morgan fingerprint density at radius 3 is 2.47 bits per heavy atom. The van der Waals surface area contributed by atoms with Crippen LogP contribution in [0.4, 0.5) is 5.95 Å². The summed E-state index contributed by atoms with van der Waals surface area (Å²) in [7, 11) is 3.67. The Hall–Kier alpha value is -3.19. The fraction of sp³-hybridized carbons (Fsp3) is 0.348. The molecule has 3 aromatic rings. The standard InChI is InChI=1S/C23H27N5O2/c1-26(16-18-4-5-20-15-21(30-2)7-6-19(20)14-18)17-22(29)27-10-12-28(13-11-27)23-24-8-3-9-25-23/h3-9,14-15H,10-13,16-17H2,1-2H3. The zero-order chi connectivity index (χ0) is 20.9. The van der Waals surface area contributed by atoms with Crippen LogP contribution in [0.3, 0.4) is 0 Å². The minimum absolute atomic E-state index is 0.164. The molecule has 0 unspecified atom stereocenters. The zero-order valence-corrected chi connectivity index (χ0v) is 17.5. The molecule has 2 heterocycles. The number of piperazine rings is 1. The summed E-state index contributed by atoms with van der Waals surface area (Å²) in [5.41, 5.74) is 1.19. The molecule has 0 bridgehead atoms. The first kappa shape index (κ1) is 20.1. The molecule has 2 aromatic carbocycles. The number of hydrogen-bond donors (Lipinski definition) is 0. The van der Waals surface area contributed by atoms with Crippen molar-refractivity contribution in [2.24, 2.45) is 0 Å². The summed E-state index contributed by atoms with van der Waals surface area (Å²) in [6, 6.07) is 14.3. The smallest absolute Gasteiger partial charge is 0.236 e. The third kappa shape index (κ3) is 4.68. The van der Waals surface area contributed by atoms with E-state index in [1.165, 1.54) is 10.9 Å². The van der Waals surface area contributed by atoms with Crippen LogP contribution in [0, 0.1) is 0 Å². The number of benzene rings is 2. The number of carbonyl (C=O) groups excluding carboxylic acids is 1. The maximum Gasteiger partial charge on any atom is 0.236 e. The van der Waals surface area contributed by atoms with Crippen molar-refractivity contribution in [1.82, 2.24) is 19.8 Å². The number of hydrogen-bond acceptors (Lipinski definition) is 6. The van der Waals surface area contributed by atoms with Gasteiger partial charge >= 0.3 is 0 Å². The molecule has 1 fully saturated rings. The van der Waals surface area contributed by atoms with Gasteiger partial charge in [0.25, 0.3) is 0 Å². The molecule has 4 rings (SSSR count). The predicted molar refractivity (Wildman–Crippen MR) is 118 cm³/mol. The molecule has 0 spiro atoms. The minimum atomic E-state index is 0.164. The Bertz CT molecular complexity index is 1000. The molecule has 7 nitrogen and oxygen atoms in total. The Labute approximate surface area is 176 Å². The van der Waals surface area contributed by atoms with E-state index in [1.807, 2.05) is 30.1 Å². The number of aromatic nitrogens is 2. The highest BCUT2D eigenvalue weighted by Gasteiger charge is 2.23. The maximum absolute atomic E-state index is 12.7. The number of fused-ring (bicyclic) bond motifs is 1. The molecule has 1 aliphatic heterocycles. The van der Waals surface area contributed by atoms with Gasteiger partial charge in [-0.1, -0.05) is 18.2 Å². The van der Waals surface area contributed by atoms with E-state index in [4.69, 9.17) is 4.74 Å². The lowest BCUT2D eigenvalue weighted by atomic mass is 10.1. The van der Waals surface area contributed by atoms with Crippen LogP contribution in [0.1, 0.15) is 5.56 Å². The highest BCUT2D eigenvalue weighted by atomic mass is 16.5. The van der Waals surface area contributed by atoms with E-state index in [9.17, 15) is 4.79 Å². The number of likely N-dealkylation sites (N-methyl/N-ethyl adjacent to an activating group) is 1. The largest absolute Gasteiger partial charge is 0.497 e. The number of amides is 1. The number of anilines is 1. The molecular weight excluding hydrogens is 378 g/mol. The normalized spacial score (nSPS) is 14.4. The van der Waals surface area contributed by atoms with Gasteiger partial charge in [0.15, 0.2) is 0 Å². The second-order valence-corrected chi connectivity index (χ2v) is 7.64. The number of carbonyl (C=O) groups is 1. The molecule has 0 atom stereocenters. The van der Waals surface area contributed by atoms with E-state index < -0.39 is 0 Å². The predicted octanol–water partition coefficient (Wildman–Crippen LogP) is 2.42. The second-order valence-electron chi connectivity index (χ2n) is 7.64. The minimum Gasteiger partial charge on any atom is -0.497 e. The van der Waals surface area contributed by atoms with E-state index in [0.717, 1.165) is 36.7 Å². The van der Waals surface area contributed by atoms with Gasteiger partial charge in [0.1, 0.15) is 5.75 Å². The van der Waals surface area contributed by atoms with Crippen molar-refractivity contribution in [3.05, 3.63) is 60.4 Å². The summed E-state index contributed by atoms with van der Waals surface area (Å²) in [5.74, 6) is 1.75. The van der Waals surface area contributed by atoms with E-state index in [1.54, 1.807) is 19.5 Å². The molecule has 0 saturated carbocycles. The van der Waals surface area contributed by atoms with Crippen LogP contribution < -0.4 is 9.64 Å². The quantitative estimate of drug-likeness (QED) is 0.628. The van der Waals surface area contributed by atoms with Gasteiger partial charge in [0, 0.05) is 45.1 Å². The Morgan fingerprint density at radius 2 is 1.73 bits per heavy atom. The Kier molecular flexibility index (Phi) is 6.09. The van der Waals surface area contributed by atoms with Crippen molar-refractivity contribution in [2.45, 2.75) is 6.54 Å². The van der Waals surface area contributed by atoms with E-state index in [-0.39, 0.29) is 5.91 Å². The van der Waals surface area contributed by atoms with E-state index in [2.05, 4.69) is 44.0 Å². The highest BCUT2D eigenvalue weighted by Crippen LogP contribution is 2.22. The first-order valence-corrected chi connectivity index (χ1v) is 10.2. The molecule has 30 heavy (non-hydrogen) atoms. The van der Waals surface area contributed by atoms with Crippen LogP contribution >= 0.6 is 0 Å². The van der Waals surface area contributed by atoms with Gasteiger partial charge in [0.05, 0.1) is 13.7 Å². The van der Waals surface area contributed by atoms with Gasteiger partial charge in [-0.2, -0.15) is 0 Å².